The molecule has 1 N–H and O–H groups in total. The second kappa shape index (κ2) is 7.76. The number of rotatable bonds is 3. The van der Waals surface area contributed by atoms with Crippen molar-refractivity contribution >= 4 is 6.09 Å². The molecule has 168 valence electrons. The number of carbonyl (C=O) groups is 1. The Morgan fingerprint density at radius 2 is 1.82 bits per heavy atom. The number of fused-ring (bicyclic) bond motifs is 5. The van der Waals surface area contributed by atoms with E-state index in [2.05, 4.69) is 34.2 Å². The van der Waals surface area contributed by atoms with E-state index in [-0.39, 0.29) is 18.2 Å². The van der Waals surface area contributed by atoms with E-state index in [4.69, 9.17) is 9.47 Å². The fourth-order valence-corrected chi connectivity index (χ4v) is 5.54. The maximum absolute atomic E-state index is 11.5. The van der Waals surface area contributed by atoms with Crippen molar-refractivity contribution in [3.8, 4) is 34.0 Å². The van der Waals surface area contributed by atoms with E-state index in [0.717, 1.165) is 46.4 Å². The van der Waals surface area contributed by atoms with Gasteiger partial charge in [-0.2, -0.15) is 4.98 Å². The minimum atomic E-state index is -0.817. The van der Waals surface area contributed by atoms with E-state index in [9.17, 15) is 9.90 Å². The van der Waals surface area contributed by atoms with E-state index in [1.165, 1.54) is 0 Å². The normalized spacial score (nSPS) is 22.8. The Morgan fingerprint density at radius 3 is 2.58 bits per heavy atom. The molecule has 0 aliphatic carbocycles. The number of hydrogen-bond acceptors (Lipinski definition) is 5. The number of aromatic nitrogens is 2. The summed E-state index contributed by atoms with van der Waals surface area (Å²) in [6.07, 6.45) is 4.24. The van der Waals surface area contributed by atoms with Crippen LogP contribution in [-0.2, 0) is 6.61 Å². The van der Waals surface area contributed by atoms with E-state index in [1.54, 1.807) is 4.90 Å². The van der Waals surface area contributed by atoms with E-state index < -0.39 is 6.09 Å². The summed E-state index contributed by atoms with van der Waals surface area (Å²) in [7, 11) is 0. The quantitative estimate of drug-likeness (QED) is 0.609. The predicted octanol–water partition coefficient (Wildman–Crippen LogP) is 5.06. The average Bonchev–Trinajstić information content (AvgIpc) is 3.09. The minimum Gasteiger partial charge on any atom is -0.474 e. The number of pyridine rings is 2. The number of ether oxygens (including phenoxy) is 2. The molecular weight excluding hydrogens is 418 g/mol. The first kappa shape index (κ1) is 20.0. The summed E-state index contributed by atoms with van der Waals surface area (Å²) < 4.78 is 12.2. The van der Waals surface area contributed by atoms with E-state index in [0.29, 0.717) is 31.2 Å². The van der Waals surface area contributed by atoms with Crippen molar-refractivity contribution in [2.24, 2.45) is 0 Å². The number of aryl methyl sites for hydroxylation is 1. The molecule has 6 rings (SSSR count). The topological polar surface area (TPSA) is 84.8 Å². The summed E-state index contributed by atoms with van der Waals surface area (Å²) in [5.74, 6) is 1.12. The van der Waals surface area contributed by atoms with Crippen LogP contribution in [0.5, 0.6) is 11.8 Å². The molecule has 2 fully saturated rings. The van der Waals surface area contributed by atoms with Crippen LogP contribution in [0.2, 0.25) is 0 Å². The van der Waals surface area contributed by atoms with Gasteiger partial charge < -0.3 is 19.5 Å². The largest absolute Gasteiger partial charge is 0.474 e. The average molecular weight is 444 g/mol. The molecule has 2 bridgehead atoms. The van der Waals surface area contributed by atoms with Crippen molar-refractivity contribution in [1.82, 2.24) is 14.9 Å². The lowest BCUT2D eigenvalue weighted by Crippen LogP contribution is -2.48. The van der Waals surface area contributed by atoms with Crippen molar-refractivity contribution < 1.29 is 19.4 Å². The van der Waals surface area contributed by atoms with Gasteiger partial charge in [-0.15, -0.1) is 0 Å². The molecule has 0 spiro atoms. The molecule has 1 amide bonds. The number of amides is 1. The van der Waals surface area contributed by atoms with Crippen LogP contribution in [-0.4, -0.2) is 44.3 Å². The third kappa shape index (κ3) is 3.57. The SMILES string of the molecule is Cc1cc(-c2ccc3c(c2)COc2nc(O[C@@H]4C[C@H]5CC[C@@H](C4)N5C(=O)O)ccc2-3)ccn1. The van der Waals surface area contributed by atoms with Gasteiger partial charge in [0.2, 0.25) is 11.8 Å². The molecule has 2 saturated heterocycles. The highest BCUT2D eigenvalue weighted by molar-refractivity contribution is 5.77. The molecule has 7 nitrogen and oxygen atoms in total. The molecule has 3 atom stereocenters. The highest BCUT2D eigenvalue weighted by Gasteiger charge is 2.44. The number of nitrogens with zero attached hydrogens (tertiary/aromatic N) is 3. The molecule has 3 aliphatic rings. The molecule has 0 saturated carbocycles. The van der Waals surface area contributed by atoms with Gasteiger partial charge in [-0.3, -0.25) is 4.98 Å². The Bertz CT molecular complexity index is 1230. The van der Waals surface area contributed by atoms with Crippen molar-refractivity contribution in [2.45, 2.75) is 57.4 Å². The van der Waals surface area contributed by atoms with Gasteiger partial charge in [-0.05, 0) is 66.3 Å². The van der Waals surface area contributed by atoms with Gasteiger partial charge in [-0.25, -0.2) is 4.79 Å². The van der Waals surface area contributed by atoms with Crippen LogP contribution in [0, 0.1) is 6.92 Å². The van der Waals surface area contributed by atoms with Crippen LogP contribution >= 0.6 is 0 Å². The molecular formula is C26H25N3O4. The molecule has 2 aromatic heterocycles. The summed E-state index contributed by atoms with van der Waals surface area (Å²) in [6, 6.07) is 14.5. The molecule has 3 aliphatic heterocycles. The monoisotopic (exact) mass is 443 g/mol. The lowest BCUT2D eigenvalue weighted by molar-refractivity contribution is 0.0474. The van der Waals surface area contributed by atoms with Crippen LogP contribution in [0.15, 0.2) is 48.7 Å². The molecule has 0 radical (unpaired) electrons. The van der Waals surface area contributed by atoms with Crippen LogP contribution in [0.25, 0.3) is 22.3 Å². The summed E-state index contributed by atoms with van der Waals surface area (Å²) in [5.41, 5.74) is 6.48. The number of benzene rings is 1. The molecule has 7 heteroatoms. The number of piperidine rings is 1. The second-order valence-electron chi connectivity index (χ2n) is 9.13. The van der Waals surface area contributed by atoms with Gasteiger partial charge in [0, 0.05) is 48.4 Å². The van der Waals surface area contributed by atoms with Gasteiger partial charge in [-0.1, -0.05) is 12.1 Å². The number of hydrogen-bond donors (Lipinski definition) is 1. The molecule has 33 heavy (non-hydrogen) atoms. The Kier molecular flexibility index (Phi) is 4.71. The Morgan fingerprint density at radius 1 is 1.06 bits per heavy atom. The smallest absolute Gasteiger partial charge is 0.407 e. The second-order valence-corrected chi connectivity index (χ2v) is 9.13. The fourth-order valence-electron chi connectivity index (χ4n) is 5.54. The Balaban J connectivity index is 1.22. The third-order valence-electron chi connectivity index (χ3n) is 7.02. The van der Waals surface area contributed by atoms with Crippen LogP contribution < -0.4 is 9.47 Å². The highest BCUT2D eigenvalue weighted by Crippen LogP contribution is 2.41. The van der Waals surface area contributed by atoms with Gasteiger partial charge in [0.25, 0.3) is 0 Å². The first-order valence-corrected chi connectivity index (χ1v) is 11.4. The van der Waals surface area contributed by atoms with Crippen LogP contribution in [0.3, 0.4) is 0 Å². The zero-order chi connectivity index (χ0) is 22.5. The van der Waals surface area contributed by atoms with E-state index >= 15 is 0 Å². The first-order valence-electron chi connectivity index (χ1n) is 11.4. The summed E-state index contributed by atoms with van der Waals surface area (Å²) >= 11 is 0. The zero-order valence-electron chi connectivity index (χ0n) is 18.4. The summed E-state index contributed by atoms with van der Waals surface area (Å²) in [6.45, 7) is 2.45. The maximum Gasteiger partial charge on any atom is 0.407 e. The van der Waals surface area contributed by atoms with E-state index in [1.807, 2.05) is 31.3 Å². The van der Waals surface area contributed by atoms with Crippen molar-refractivity contribution in [2.75, 3.05) is 0 Å². The molecule has 0 unspecified atom stereocenters. The standard InChI is InChI=1S/C26H25N3O4/c1-15-10-17(8-9-27-15)16-2-5-22-18(11-16)14-32-25-23(22)6-7-24(28-25)33-21-12-19-3-4-20(13-21)29(19)26(30)31/h2,5-11,19-21H,3-4,12-14H2,1H3,(H,30,31)/t19-,20+,21-. The van der Waals surface area contributed by atoms with Crippen molar-refractivity contribution in [1.29, 1.82) is 0 Å². The summed E-state index contributed by atoms with van der Waals surface area (Å²) in [5, 5.41) is 9.46. The molecule has 5 heterocycles. The minimum absolute atomic E-state index is 0.0223. The first-order chi connectivity index (χ1) is 16.0. The predicted molar refractivity (Wildman–Crippen MR) is 122 cm³/mol. The highest BCUT2D eigenvalue weighted by atomic mass is 16.5. The third-order valence-corrected chi connectivity index (χ3v) is 7.02. The molecule has 1 aromatic carbocycles. The van der Waals surface area contributed by atoms with Crippen molar-refractivity contribution in [3.05, 3.63) is 59.9 Å². The lowest BCUT2D eigenvalue weighted by Gasteiger charge is -2.36. The Labute approximate surface area is 192 Å². The van der Waals surface area contributed by atoms with Gasteiger partial charge in [0.05, 0.1) is 0 Å². The van der Waals surface area contributed by atoms with Crippen molar-refractivity contribution in [3.63, 3.8) is 0 Å². The number of carboxylic acid groups (broad SMARTS) is 1. The fraction of sp³-hybridized carbons (Fsp3) is 0.346. The van der Waals surface area contributed by atoms with Gasteiger partial charge in [0.1, 0.15) is 12.7 Å². The maximum atomic E-state index is 11.5. The molecule has 3 aromatic rings. The van der Waals surface area contributed by atoms with Crippen LogP contribution in [0.1, 0.15) is 36.9 Å². The van der Waals surface area contributed by atoms with Crippen LogP contribution in [0.4, 0.5) is 4.79 Å². The van der Waals surface area contributed by atoms with Gasteiger partial charge in [0.15, 0.2) is 0 Å². The van der Waals surface area contributed by atoms with Gasteiger partial charge >= 0.3 is 6.09 Å². The summed E-state index contributed by atoms with van der Waals surface area (Å²) in [4.78, 5) is 22.0. The zero-order valence-corrected chi connectivity index (χ0v) is 18.4. The lowest BCUT2D eigenvalue weighted by atomic mass is 9.94. The Hall–Kier alpha value is -3.61.